The van der Waals surface area contributed by atoms with Crippen molar-refractivity contribution in [3.63, 3.8) is 0 Å². The fourth-order valence-corrected chi connectivity index (χ4v) is 3.36. The Hall–Kier alpha value is -0.610. The quantitative estimate of drug-likeness (QED) is 0.801. The lowest BCUT2D eigenvalue weighted by Crippen LogP contribution is -2.52. The van der Waals surface area contributed by atoms with Gasteiger partial charge in [0.15, 0.2) is 0 Å². The van der Waals surface area contributed by atoms with E-state index in [-0.39, 0.29) is 0 Å². The maximum atomic E-state index is 12.1. The third-order valence-corrected chi connectivity index (χ3v) is 4.91. The van der Waals surface area contributed by atoms with Crippen LogP contribution in [-0.2, 0) is 4.79 Å². The van der Waals surface area contributed by atoms with E-state index in [0.29, 0.717) is 17.9 Å². The first-order valence-corrected chi connectivity index (χ1v) is 7.55. The van der Waals surface area contributed by atoms with Crippen molar-refractivity contribution in [1.29, 1.82) is 0 Å². The summed E-state index contributed by atoms with van der Waals surface area (Å²) < 4.78 is 0. The van der Waals surface area contributed by atoms with Crippen LogP contribution in [0, 0.1) is 5.92 Å². The fraction of sp³-hybridized carbons (Fsp3) is 0.929. The number of nitrogens with zero attached hydrogens (tertiary/aromatic N) is 2. The summed E-state index contributed by atoms with van der Waals surface area (Å²) in [5.74, 6) is 1.11. The van der Waals surface area contributed by atoms with Gasteiger partial charge in [-0.1, -0.05) is 6.42 Å². The van der Waals surface area contributed by atoms with Crippen LogP contribution in [0.4, 0.5) is 0 Å². The summed E-state index contributed by atoms with van der Waals surface area (Å²) in [6.45, 7) is 6.33. The minimum Gasteiger partial charge on any atom is -0.340 e. The van der Waals surface area contributed by atoms with E-state index in [9.17, 15) is 4.79 Å². The Bertz CT molecular complexity index is 289. The van der Waals surface area contributed by atoms with Gasteiger partial charge in [-0.25, -0.2) is 0 Å². The molecule has 4 heteroatoms. The van der Waals surface area contributed by atoms with Crippen LogP contribution in [0.2, 0.25) is 0 Å². The van der Waals surface area contributed by atoms with Crippen LogP contribution in [0.3, 0.4) is 0 Å². The topological polar surface area (TPSA) is 35.6 Å². The van der Waals surface area contributed by atoms with E-state index in [1.54, 1.807) is 0 Å². The molecule has 0 radical (unpaired) electrons. The van der Waals surface area contributed by atoms with Crippen LogP contribution in [0.15, 0.2) is 0 Å². The van der Waals surface area contributed by atoms with E-state index in [1.807, 2.05) is 0 Å². The molecule has 3 fully saturated rings. The zero-order chi connectivity index (χ0) is 12.4. The van der Waals surface area contributed by atoms with Crippen molar-refractivity contribution in [2.45, 2.75) is 38.1 Å². The molecule has 0 bridgehead atoms. The summed E-state index contributed by atoms with van der Waals surface area (Å²) in [4.78, 5) is 16.8. The molecule has 102 valence electrons. The fourth-order valence-electron chi connectivity index (χ4n) is 3.36. The van der Waals surface area contributed by atoms with Gasteiger partial charge in [0.25, 0.3) is 0 Å². The highest BCUT2D eigenvalue weighted by Gasteiger charge is 2.29. The largest absolute Gasteiger partial charge is 0.340 e. The maximum absolute atomic E-state index is 12.1. The molecule has 3 rings (SSSR count). The van der Waals surface area contributed by atoms with E-state index < -0.39 is 0 Å². The van der Waals surface area contributed by atoms with Crippen molar-refractivity contribution < 1.29 is 4.79 Å². The number of amides is 1. The molecule has 1 atom stereocenters. The number of carbonyl (C=O) groups excluding carboxylic acids is 1. The van der Waals surface area contributed by atoms with Crippen molar-refractivity contribution in [3.8, 4) is 0 Å². The lowest BCUT2D eigenvalue weighted by molar-refractivity contribution is -0.134. The van der Waals surface area contributed by atoms with Crippen molar-refractivity contribution in [1.82, 2.24) is 15.1 Å². The molecule has 2 saturated heterocycles. The second kappa shape index (κ2) is 5.57. The highest BCUT2D eigenvalue weighted by atomic mass is 16.2. The number of hydrogen-bond acceptors (Lipinski definition) is 3. The molecule has 1 saturated carbocycles. The first-order valence-electron chi connectivity index (χ1n) is 7.55. The Balaban J connectivity index is 1.42. The minimum absolute atomic E-state index is 0.406. The second-order valence-electron chi connectivity index (χ2n) is 6.06. The van der Waals surface area contributed by atoms with E-state index >= 15 is 0 Å². The molecule has 0 aromatic carbocycles. The molecule has 0 aromatic rings. The van der Waals surface area contributed by atoms with Crippen molar-refractivity contribution in [3.05, 3.63) is 0 Å². The number of hydrogen-bond donors (Lipinski definition) is 1. The number of rotatable bonds is 3. The summed E-state index contributed by atoms with van der Waals surface area (Å²) in [6.07, 6.45) is 5.97. The predicted octanol–water partition coefficient (Wildman–Crippen LogP) is 0.683. The van der Waals surface area contributed by atoms with Gasteiger partial charge in [-0.05, 0) is 31.7 Å². The Morgan fingerprint density at radius 3 is 2.44 bits per heavy atom. The second-order valence-corrected chi connectivity index (χ2v) is 6.06. The standard InChI is InChI=1S/C14H25N3O/c18-14(10-12-2-1-3-12)17-8-6-16(7-9-17)13-4-5-15-11-13/h12-13,15H,1-11H2. The Morgan fingerprint density at radius 2 is 1.89 bits per heavy atom. The van der Waals surface area contributed by atoms with Gasteiger partial charge in [-0.3, -0.25) is 9.69 Å². The Kier molecular flexibility index (Phi) is 3.85. The normalized spacial score (nSPS) is 30.4. The van der Waals surface area contributed by atoms with Gasteiger partial charge >= 0.3 is 0 Å². The SMILES string of the molecule is O=C(CC1CCC1)N1CCN(C2CCNC2)CC1. The zero-order valence-electron chi connectivity index (χ0n) is 11.2. The first-order chi connectivity index (χ1) is 8.83. The molecular weight excluding hydrogens is 226 g/mol. The van der Waals surface area contributed by atoms with Gasteiger partial charge in [0.1, 0.15) is 0 Å². The van der Waals surface area contributed by atoms with Crippen LogP contribution in [-0.4, -0.2) is 61.0 Å². The molecule has 1 N–H and O–H groups in total. The predicted molar refractivity (Wildman–Crippen MR) is 71.4 cm³/mol. The van der Waals surface area contributed by atoms with Crippen molar-refractivity contribution >= 4 is 5.91 Å². The maximum Gasteiger partial charge on any atom is 0.222 e. The zero-order valence-corrected chi connectivity index (χ0v) is 11.2. The van der Waals surface area contributed by atoms with Gasteiger partial charge in [-0.2, -0.15) is 0 Å². The van der Waals surface area contributed by atoms with Crippen LogP contribution >= 0.6 is 0 Å². The average Bonchev–Trinajstić information content (AvgIpc) is 2.87. The Morgan fingerprint density at radius 1 is 1.11 bits per heavy atom. The highest BCUT2D eigenvalue weighted by molar-refractivity contribution is 5.76. The first kappa shape index (κ1) is 12.4. The number of nitrogens with one attached hydrogen (secondary N) is 1. The monoisotopic (exact) mass is 251 g/mol. The van der Waals surface area contributed by atoms with Gasteiger partial charge in [0.05, 0.1) is 0 Å². The summed E-state index contributed by atoms with van der Waals surface area (Å²) >= 11 is 0. The van der Waals surface area contributed by atoms with Gasteiger partial charge in [0.2, 0.25) is 5.91 Å². The molecular formula is C14H25N3O. The van der Waals surface area contributed by atoms with Gasteiger partial charge < -0.3 is 10.2 Å². The van der Waals surface area contributed by atoms with E-state index in [2.05, 4.69) is 15.1 Å². The van der Waals surface area contributed by atoms with Crippen LogP contribution in [0.25, 0.3) is 0 Å². The molecule has 0 spiro atoms. The number of carbonyl (C=O) groups is 1. The molecule has 2 heterocycles. The molecule has 18 heavy (non-hydrogen) atoms. The summed E-state index contributed by atoms with van der Waals surface area (Å²) in [7, 11) is 0. The third kappa shape index (κ3) is 2.69. The molecule has 1 amide bonds. The van der Waals surface area contributed by atoms with Crippen LogP contribution in [0.1, 0.15) is 32.1 Å². The van der Waals surface area contributed by atoms with Gasteiger partial charge in [0, 0.05) is 45.2 Å². The molecule has 4 nitrogen and oxygen atoms in total. The van der Waals surface area contributed by atoms with E-state index in [1.165, 1.54) is 25.7 Å². The van der Waals surface area contributed by atoms with Crippen LogP contribution < -0.4 is 5.32 Å². The lowest BCUT2D eigenvalue weighted by atomic mass is 9.82. The third-order valence-electron chi connectivity index (χ3n) is 4.91. The van der Waals surface area contributed by atoms with Crippen molar-refractivity contribution in [2.75, 3.05) is 39.3 Å². The molecule has 3 aliphatic rings. The highest BCUT2D eigenvalue weighted by Crippen LogP contribution is 2.30. The van der Waals surface area contributed by atoms with E-state index in [0.717, 1.165) is 45.7 Å². The minimum atomic E-state index is 0.406. The van der Waals surface area contributed by atoms with Gasteiger partial charge in [-0.15, -0.1) is 0 Å². The molecule has 1 unspecified atom stereocenters. The molecule has 0 aromatic heterocycles. The van der Waals surface area contributed by atoms with E-state index in [4.69, 9.17) is 0 Å². The number of piperazine rings is 1. The molecule has 1 aliphatic carbocycles. The van der Waals surface area contributed by atoms with Crippen molar-refractivity contribution in [2.24, 2.45) is 5.92 Å². The summed E-state index contributed by atoms with van der Waals surface area (Å²) in [6, 6.07) is 0.717. The van der Waals surface area contributed by atoms with Crippen LogP contribution in [0.5, 0.6) is 0 Å². The lowest BCUT2D eigenvalue weighted by Gasteiger charge is -2.38. The summed E-state index contributed by atoms with van der Waals surface area (Å²) in [5.41, 5.74) is 0. The smallest absolute Gasteiger partial charge is 0.222 e. The average molecular weight is 251 g/mol. The summed E-state index contributed by atoms with van der Waals surface area (Å²) in [5, 5.41) is 3.42. The molecule has 2 aliphatic heterocycles. The Labute approximate surface area is 110 Å².